The zero-order chi connectivity index (χ0) is 59.1. The van der Waals surface area contributed by atoms with E-state index in [0.717, 1.165) is 42.4 Å². The van der Waals surface area contributed by atoms with Gasteiger partial charge in [-0.15, -0.1) is 0 Å². The summed E-state index contributed by atoms with van der Waals surface area (Å²) in [6.07, 6.45) is 6.04. The quantitative estimate of drug-likeness (QED) is 0.0542. The van der Waals surface area contributed by atoms with Gasteiger partial charge in [-0.25, -0.2) is 14.4 Å². The van der Waals surface area contributed by atoms with Crippen LogP contribution in [0.2, 0.25) is 0 Å². The summed E-state index contributed by atoms with van der Waals surface area (Å²) >= 11 is 0. The minimum absolute atomic E-state index is 0.00761. The van der Waals surface area contributed by atoms with Crippen molar-refractivity contribution in [2.45, 2.75) is 122 Å². The number of carbonyl (C=O) groups is 5. The van der Waals surface area contributed by atoms with E-state index in [4.69, 9.17) is 31.5 Å². The zero-order valence-electron chi connectivity index (χ0n) is 48.5. The summed E-state index contributed by atoms with van der Waals surface area (Å²) in [5.41, 5.74) is 11.9. The van der Waals surface area contributed by atoms with Crippen LogP contribution in [0.25, 0.3) is 16.1 Å². The van der Waals surface area contributed by atoms with Crippen molar-refractivity contribution in [3.8, 4) is 17.0 Å². The number of carbonyl (C=O) groups excluding carboxylic acids is 5. The molecule has 1 fully saturated rings. The second-order valence-corrected chi connectivity index (χ2v) is 23.0. The van der Waals surface area contributed by atoms with Gasteiger partial charge in [-0.05, 0) is 115 Å². The van der Waals surface area contributed by atoms with Crippen molar-refractivity contribution in [3.63, 3.8) is 0 Å². The lowest BCUT2D eigenvalue weighted by Crippen LogP contribution is -2.62. The van der Waals surface area contributed by atoms with E-state index in [1.54, 1.807) is 48.6 Å². The van der Waals surface area contributed by atoms with Crippen molar-refractivity contribution >= 4 is 47.0 Å². The van der Waals surface area contributed by atoms with Gasteiger partial charge in [-0.1, -0.05) is 57.7 Å². The molecule has 5 N–H and O–H groups in total. The molecule has 22 heteroatoms. The fraction of sp³-hybridized carbons (Fsp3) is 0.492. The van der Waals surface area contributed by atoms with Gasteiger partial charge in [0.2, 0.25) is 23.6 Å². The molecule has 0 spiro atoms. The van der Waals surface area contributed by atoms with Crippen LogP contribution in [-0.4, -0.2) is 149 Å². The van der Waals surface area contributed by atoms with Crippen LogP contribution in [-0.2, 0) is 61.1 Å². The summed E-state index contributed by atoms with van der Waals surface area (Å²) in [6, 6.07) is 15.5. The molecule has 4 bridgehead atoms. The number of fused-ring (bicyclic) bond motifs is 11. The summed E-state index contributed by atoms with van der Waals surface area (Å²) in [7, 11) is 4.96. The predicted octanol–water partition coefficient (Wildman–Crippen LogP) is 6.09. The lowest BCUT2D eigenvalue weighted by atomic mass is 9.83. The number of halogens is 1. The normalized spacial score (nSPS) is 18.2. The molecule has 4 aliphatic rings. The monoisotopic (exact) mass is 1140 g/mol. The van der Waals surface area contributed by atoms with Crippen molar-refractivity contribution < 1.29 is 42.6 Å². The Morgan fingerprint density at radius 1 is 0.964 bits per heavy atom. The first-order valence-corrected chi connectivity index (χ1v) is 28.6. The van der Waals surface area contributed by atoms with Gasteiger partial charge in [0.1, 0.15) is 30.3 Å². The molecular formula is C61H76FN13O8. The molecule has 5 amide bonds. The molecule has 21 nitrogen and oxygen atoms in total. The third-order valence-corrected chi connectivity index (χ3v) is 16.2. The molecule has 0 radical (unpaired) electrons. The topological polar surface area (TPSA) is 236 Å². The van der Waals surface area contributed by atoms with E-state index >= 15 is 4.39 Å². The fourth-order valence-electron chi connectivity index (χ4n) is 11.5. The highest BCUT2D eigenvalue weighted by Crippen LogP contribution is 2.41. The Morgan fingerprint density at radius 2 is 1.73 bits per heavy atom. The number of rotatable bonds is 19. The largest absolute Gasteiger partial charge is 0.491 e. The Balaban J connectivity index is 0.767. The van der Waals surface area contributed by atoms with Crippen molar-refractivity contribution in [3.05, 3.63) is 123 Å². The molecule has 5 heterocycles. The number of nitrogens with two attached hydrogens (primary N) is 1. The number of nitrogens with zero attached hydrogens (tertiary/aromatic N) is 9. The molecule has 0 saturated carbocycles. The number of aromatic nitrogens is 4. The van der Waals surface area contributed by atoms with Gasteiger partial charge in [0, 0.05) is 45.7 Å². The maximum Gasteiger partial charge on any atom is 0.305 e. The number of anilines is 2. The Hall–Kier alpha value is -8.00. The van der Waals surface area contributed by atoms with Crippen LogP contribution in [0.1, 0.15) is 116 Å². The minimum atomic E-state index is -0.910. The Morgan fingerprint density at radius 3 is 2.51 bits per heavy atom. The zero-order valence-corrected chi connectivity index (χ0v) is 48.5. The van der Waals surface area contributed by atoms with Crippen LogP contribution in [0.5, 0.6) is 5.75 Å². The number of benzene rings is 3. The summed E-state index contributed by atoms with van der Waals surface area (Å²) in [5.74, 6) is -0.804. The summed E-state index contributed by atoms with van der Waals surface area (Å²) in [6.45, 7) is 17.8. The number of aryl methyl sites for hydroxylation is 1. The van der Waals surface area contributed by atoms with Crippen LogP contribution in [0.3, 0.4) is 0 Å². The summed E-state index contributed by atoms with van der Waals surface area (Å²) < 4.78 is 34.5. The van der Waals surface area contributed by atoms with E-state index in [1.807, 2.05) is 56.0 Å². The maximum absolute atomic E-state index is 15.2. The first-order valence-electron chi connectivity index (χ1n) is 28.6. The van der Waals surface area contributed by atoms with Gasteiger partial charge in [-0.3, -0.25) is 24.0 Å². The number of hydrogen-bond donors (Lipinski definition) is 4. The Bertz CT molecular complexity index is 3270. The van der Waals surface area contributed by atoms with Crippen LogP contribution in [0, 0.1) is 17.8 Å². The number of ether oxygens (including phenoxy) is 3. The highest BCUT2D eigenvalue weighted by atomic mass is 19.1. The van der Waals surface area contributed by atoms with Gasteiger partial charge >= 0.3 is 5.82 Å². The molecule has 5 aromatic rings. The van der Waals surface area contributed by atoms with Gasteiger partial charge in [0.25, 0.3) is 5.91 Å². The number of nitrogen functional groups attached to an aromatic ring is 1. The van der Waals surface area contributed by atoms with Crippen molar-refractivity contribution in [2.75, 3.05) is 77.9 Å². The van der Waals surface area contributed by atoms with Crippen molar-refractivity contribution in [2.24, 2.45) is 5.41 Å². The Labute approximate surface area is 484 Å². The second kappa shape index (κ2) is 26.1. The Kier molecular flexibility index (Phi) is 18.7. The minimum Gasteiger partial charge on any atom is -0.491 e. The first kappa shape index (κ1) is 59.6. The van der Waals surface area contributed by atoms with Gasteiger partial charge in [0.05, 0.1) is 87.2 Å². The number of hydrogen-bond acceptors (Lipinski definition) is 14. The second-order valence-electron chi connectivity index (χ2n) is 23.0. The van der Waals surface area contributed by atoms with Gasteiger partial charge in [0.15, 0.2) is 11.6 Å². The molecule has 3 aliphatic heterocycles. The van der Waals surface area contributed by atoms with E-state index in [-0.39, 0.29) is 125 Å². The van der Waals surface area contributed by atoms with Crippen LogP contribution >= 0.6 is 0 Å². The van der Waals surface area contributed by atoms with E-state index in [2.05, 4.69) is 43.0 Å². The van der Waals surface area contributed by atoms with E-state index in [0.29, 0.717) is 47.0 Å². The molecule has 3 aromatic carbocycles. The molecule has 9 rings (SSSR count). The summed E-state index contributed by atoms with van der Waals surface area (Å²) in [4.78, 5) is 89.4. The maximum atomic E-state index is 15.2. The first-order chi connectivity index (χ1) is 39.8. The molecule has 0 unspecified atom stereocenters. The molecule has 440 valence electrons. The molecular weight excluding hydrogens is 1060 g/mol. The lowest BCUT2D eigenvalue weighted by molar-refractivity contribution is -0.147. The molecule has 2 aromatic heterocycles. The van der Waals surface area contributed by atoms with Crippen molar-refractivity contribution in [1.29, 1.82) is 0 Å². The fourth-order valence-corrected chi connectivity index (χ4v) is 11.5. The third-order valence-electron chi connectivity index (χ3n) is 16.2. The van der Waals surface area contributed by atoms with Crippen molar-refractivity contribution in [1.82, 2.24) is 50.4 Å². The van der Waals surface area contributed by atoms with E-state index in [9.17, 15) is 24.0 Å². The molecule has 1 aliphatic carbocycles. The standard InChI is InChI=1S/C61H76FN13O8/c1-37(64-5)57(77)69-53(61(2,3)4)60(80)74-35-42-32-44(19-18-39(42)33-49(74)58(78)68-46-16-11-14-38-13-9-10-15-45(38)46)83-28-27-82-26-25-81-24-20-51(76)71(7)22-23-75-50-36-72(8)59(79)41-29-40(30-43(62)31-41)48-17-12-21-73(48)56-54(63)66-34-47(67-56)52(50)55(65-6)70-75/h9-10,13,15,18-19,29-32,34,37,46,48-49,53,64H,11-12,14,16-17,20-28,33,35-36H2,1-5,7-8H3,(H2,63,66)(H,68,78)(H,69,77)/t37-,46+,48+,49-,53+/m0/s1. The molecule has 5 atom stereocenters. The van der Waals surface area contributed by atoms with Crippen LogP contribution in [0.4, 0.5) is 21.8 Å². The van der Waals surface area contributed by atoms with Crippen LogP contribution in [0.15, 0.2) is 66.9 Å². The van der Waals surface area contributed by atoms with E-state index < -0.39 is 35.3 Å². The average Bonchev–Trinajstić information content (AvgIpc) is 2.81. The SMILES string of the molecule is [C-]#[N+]c1nn(CCN(C)C(=O)CCOCCOCCOc2ccc3c(c2)CN(C(=O)[C@@H](NC(=O)[C@H](C)NC)C(C)(C)C)[C@H](C(=O)N[C@@H]2CCCc4ccccc42)C3)c2c1-c1cnc(N)c(n1)N1CCC[C@@H]1c1cc(F)cc(c1)C(=O)N(C)C2. The van der Waals surface area contributed by atoms with Crippen LogP contribution < -0.4 is 31.3 Å². The average molecular weight is 1140 g/mol. The molecule has 83 heavy (non-hydrogen) atoms. The van der Waals surface area contributed by atoms with Gasteiger partial charge in [-0.2, -0.15) is 4.68 Å². The van der Waals surface area contributed by atoms with E-state index in [1.165, 1.54) is 28.8 Å². The highest BCUT2D eigenvalue weighted by molar-refractivity contribution is 5.95. The lowest BCUT2D eigenvalue weighted by Gasteiger charge is -2.41. The smallest absolute Gasteiger partial charge is 0.305 e. The third kappa shape index (κ3) is 13.6. The predicted molar refractivity (Wildman–Crippen MR) is 309 cm³/mol. The number of likely N-dealkylation sites (N-methyl/N-ethyl adjacent to an activating group) is 2. The number of nitrogens with one attached hydrogen (secondary N) is 3. The highest BCUT2D eigenvalue weighted by Gasteiger charge is 2.43. The molecule has 1 saturated heterocycles. The van der Waals surface area contributed by atoms with Gasteiger partial charge < -0.3 is 60.3 Å². The number of amides is 5. The summed E-state index contributed by atoms with van der Waals surface area (Å²) in [5, 5.41) is 13.9.